The molecule has 0 fully saturated rings. The van der Waals surface area contributed by atoms with Crippen molar-refractivity contribution in [2.24, 2.45) is 5.41 Å². The maximum Gasteiger partial charge on any atom is 0.229 e. The minimum Gasteiger partial charge on any atom is -0.324 e. The molecule has 0 atom stereocenters. The fourth-order valence-corrected chi connectivity index (χ4v) is 3.28. The molecular formula is C24H22N2O. The molecule has 0 aliphatic heterocycles. The number of amides is 1. The van der Waals surface area contributed by atoms with Crippen molar-refractivity contribution in [3.8, 4) is 11.1 Å². The second kappa shape index (κ2) is 6.51. The van der Waals surface area contributed by atoms with E-state index >= 15 is 0 Å². The number of anilines is 1. The Morgan fingerprint density at radius 1 is 0.815 bits per heavy atom. The predicted octanol–water partition coefficient (Wildman–Crippen LogP) is 6.04. The van der Waals surface area contributed by atoms with Crippen molar-refractivity contribution in [3.05, 3.63) is 72.9 Å². The van der Waals surface area contributed by atoms with E-state index < -0.39 is 5.41 Å². The summed E-state index contributed by atoms with van der Waals surface area (Å²) in [7, 11) is 0. The van der Waals surface area contributed by atoms with Gasteiger partial charge in [0.25, 0.3) is 0 Å². The number of benzene rings is 3. The predicted molar refractivity (Wildman–Crippen MR) is 113 cm³/mol. The highest BCUT2D eigenvalue weighted by Crippen LogP contribution is 2.36. The van der Waals surface area contributed by atoms with Crippen LogP contribution in [0.5, 0.6) is 0 Å². The summed E-state index contributed by atoms with van der Waals surface area (Å²) >= 11 is 0. The SMILES string of the molecule is CC(C)(C)C(=O)Nc1ccc(-c2cccc3ccccc23)c2cccnc12. The Kier molecular flexibility index (Phi) is 4.15. The summed E-state index contributed by atoms with van der Waals surface area (Å²) in [6.07, 6.45) is 1.77. The highest BCUT2D eigenvalue weighted by Gasteiger charge is 2.22. The number of aromatic nitrogens is 1. The van der Waals surface area contributed by atoms with Gasteiger partial charge in [-0.05, 0) is 34.0 Å². The summed E-state index contributed by atoms with van der Waals surface area (Å²) in [6, 6.07) is 22.7. The molecule has 0 aliphatic carbocycles. The van der Waals surface area contributed by atoms with Crippen molar-refractivity contribution in [1.29, 1.82) is 0 Å². The molecule has 1 amide bonds. The van der Waals surface area contributed by atoms with E-state index in [0.29, 0.717) is 0 Å². The smallest absolute Gasteiger partial charge is 0.229 e. The van der Waals surface area contributed by atoms with Gasteiger partial charge in [-0.25, -0.2) is 0 Å². The number of fused-ring (bicyclic) bond motifs is 2. The standard InChI is InChI=1S/C24H22N2O/c1-24(2,3)23(27)26-21-14-13-19(20-12-7-15-25-22(20)21)18-11-6-9-16-8-4-5-10-17(16)18/h4-15H,1-3H3,(H,26,27). The van der Waals surface area contributed by atoms with Crippen LogP contribution in [0.25, 0.3) is 32.8 Å². The molecule has 0 radical (unpaired) electrons. The van der Waals surface area contributed by atoms with Crippen molar-refractivity contribution in [3.63, 3.8) is 0 Å². The van der Waals surface area contributed by atoms with Crippen LogP contribution in [0.4, 0.5) is 5.69 Å². The summed E-state index contributed by atoms with van der Waals surface area (Å²) in [6.45, 7) is 5.72. The van der Waals surface area contributed by atoms with Crippen molar-refractivity contribution in [2.45, 2.75) is 20.8 Å². The second-order valence-corrected chi connectivity index (χ2v) is 7.79. The molecule has 1 aromatic heterocycles. The first-order valence-electron chi connectivity index (χ1n) is 9.12. The first-order valence-corrected chi connectivity index (χ1v) is 9.12. The summed E-state index contributed by atoms with van der Waals surface area (Å²) in [4.78, 5) is 17.0. The van der Waals surface area contributed by atoms with E-state index in [2.05, 4.69) is 64.9 Å². The lowest BCUT2D eigenvalue weighted by Crippen LogP contribution is -2.27. The van der Waals surface area contributed by atoms with E-state index in [9.17, 15) is 4.79 Å². The average Bonchev–Trinajstić information content (AvgIpc) is 2.67. The maximum absolute atomic E-state index is 12.5. The molecule has 3 heteroatoms. The average molecular weight is 354 g/mol. The second-order valence-electron chi connectivity index (χ2n) is 7.79. The fourth-order valence-electron chi connectivity index (χ4n) is 3.28. The topological polar surface area (TPSA) is 42.0 Å². The molecule has 0 aliphatic rings. The van der Waals surface area contributed by atoms with Gasteiger partial charge in [0.05, 0.1) is 11.2 Å². The number of carbonyl (C=O) groups excluding carboxylic acids is 1. The minimum atomic E-state index is -0.463. The first-order chi connectivity index (χ1) is 12.9. The first kappa shape index (κ1) is 17.2. The summed E-state index contributed by atoms with van der Waals surface area (Å²) < 4.78 is 0. The van der Waals surface area contributed by atoms with Crippen molar-refractivity contribution in [1.82, 2.24) is 4.98 Å². The molecule has 1 N–H and O–H groups in total. The van der Waals surface area contributed by atoms with Gasteiger partial charge in [0.2, 0.25) is 5.91 Å². The number of pyridine rings is 1. The maximum atomic E-state index is 12.5. The van der Waals surface area contributed by atoms with Gasteiger partial charge in [-0.3, -0.25) is 9.78 Å². The molecule has 27 heavy (non-hydrogen) atoms. The number of carbonyl (C=O) groups is 1. The number of nitrogens with one attached hydrogen (secondary N) is 1. The summed E-state index contributed by atoms with van der Waals surface area (Å²) in [5.41, 5.74) is 3.37. The summed E-state index contributed by atoms with van der Waals surface area (Å²) in [5.74, 6) is -0.0210. The lowest BCUT2D eigenvalue weighted by Gasteiger charge is -2.19. The van der Waals surface area contributed by atoms with Crippen LogP contribution in [0, 0.1) is 5.41 Å². The molecule has 134 valence electrons. The van der Waals surface area contributed by atoms with Crippen molar-refractivity contribution in [2.75, 3.05) is 5.32 Å². The Bertz CT molecular complexity index is 1150. The Hall–Kier alpha value is -3.20. The van der Waals surface area contributed by atoms with Crippen LogP contribution in [0.1, 0.15) is 20.8 Å². The molecule has 0 unspecified atom stereocenters. The van der Waals surface area contributed by atoms with Crippen LogP contribution in [-0.2, 0) is 4.79 Å². The molecule has 3 nitrogen and oxygen atoms in total. The molecule has 0 saturated heterocycles. The molecule has 4 rings (SSSR count). The van der Waals surface area contributed by atoms with Crippen LogP contribution in [0.15, 0.2) is 72.9 Å². The van der Waals surface area contributed by atoms with Gasteiger partial charge in [0.1, 0.15) is 0 Å². The van der Waals surface area contributed by atoms with Gasteiger partial charge < -0.3 is 5.32 Å². The Labute approximate surface area is 159 Å². The van der Waals surface area contributed by atoms with E-state index in [1.165, 1.54) is 16.3 Å². The van der Waals surface area contributed by atoms with E-state index in [0.717, 1.165) is 22.2 Å². The minimum absolute atomic E-state index is 0.0210. The third-order valence-electron chi connectivity index (χ3n) is 4.78. The molecule has 0 saturated carbocycles. The zero-order valence-corrected chi connectivity index (χ0v) is 15.8. The van der Waals surface area contributed by atoms with E-state index in [1.54, 1.807) is 6.20 Å². The van der Waals surface area contributed by atoms with Gasteiger partial charge >= 0.3 is 0 Å². The number of hydrogen-bond acceptors (Lipinski definition) is 2. The van der Waals surface area contributed by atoms with E-state index in [1.807, 2.05) is 32.9 Å². The van der Waals surface area contributed by atoms with Gasteiger partial charge in [-0.15, -0.1) is 0 Å². The van der Waals surface area contributed by atoms with Crippen molar-refractivity contribution < 1.29 is 4.79 Å². The Balaban J connectivity index is 1.91. The molecule has 1 heterocycles. The largest absolute Gasteiger partial charge is 0.324 e. The van der Waals surface area contributed by atoms with Crippen molar-refractivity contribution >= 4 is 33.3 Å². The number of hydrogen-bond donors (Lipinski definition) is 1. The van der Waals surface area contributed by atoms with Crippen LogP contribution >= 0.6 is 0 Å². The monoisotopic (exact) mass is 354 g/mol. The fraction of sp³-hybridized carbons (Fsp3) is 0.167. The third kappa shape index (κ3) is 3.17. The molecule has 0 bridgehead atoms. The third-order valence-corrected chi connectivity index (χ3v) is 4.78. The van der Waals surface area contributed by atoms with Crippen LogP contribution in [-0.4, -0.2) is 10.9 Å². The van der Waals surface area contributed by atoms with Gasteiger partial charge in [0.15, 0.2) is 0 Å². The van der Waals surface area contributed by atoms with Gasteiger partial charge in [0, 0.05) is 17.0 Å². The molecular weight excluding hydrogens is 332 g/mol. The van der Waals surface area contributed by atoms with E-state index in [-0.39, 0.29) is 5.91 Å². The highest BCUT2D eigenvalue weighted by molar-refractivity contribution is 6.10. The molecule has 4 aromatic rings. The lowest BCUT2D eigenvalue weighted by molar-refractivity contribution is -0.123. The van der Waals surface area contributed by atoms with E-state index in [4.69, 9.17) is 0 Å². The van der Waals surface area contributed by atoms with Gasteiger partial charge in [-0.1, -0.05) is 75.4 Å². The summed E-state index contributed by atoms with van der Waals surface area (Å²) in [5, 5.41) is 6.48. The zero-order valence-electron chi connectivity index (χ0n) is 15.8. The highest BCUT2D eigenvalue weighted by atomic mass is 16.2. The Morgan fingerprint density at radius 3 is 2.33 bits per heavy atom. The molecule has 0 spiro atoms. The zero-order chi connectivity index (χ0) is 19.0. The van der Waals surface area contributed by atoms with Crippen LogP contribution < -0.4 is 5.32 Å². The van der Waals surface area contributed by atoms with Gasteiger partial charge in [-0.2, -0.15) is 0 Å². The lowest BCUT2D eigenvalue weighted by atomic mass is 9.93. The Morgan fingerprint density at radius 2 is 1.52 bits per heavy atom. The molecule has 3 aromatic carbocycles. The number of rotatable bonds is 2. The quantitative estimate of drug-likeness (QED) is 0.477. The normalized spacial score (nSPS) is 11.7. The number of nitrogens with zero attached hydrogens (tertiary/aromatic N) is 1. The van der Waals surface area contributed by atoms with Crippen LogP contribution in [0.3, 0.4) is 0 Å². The van der Waals surface area contributed by atoms with Crippen LogP contribution in [0.2, 0.25) is 0 Å².